The third-order valence-corrected chi connectivity index (χ3v) is 17.2. The summed E-state index contributed by atoms with van der Waals surface area (Å²) >= 11 is 11.8. The summed E-state index contributed by atoms with van der Waals surface area (Å²) in [6.45, 7) is 0. The Labute approximate surface area is 394 Å². The molecular weight excluding hydrogens is 949 g/mol. The van der Waals surface area contributed by atoms with Gasteiger partial charge in [0.15, 0.2) is 0 Å². The lowest BCUT2D eigenvalue weighted by Gasteiger charge is -2.21. The van der Waals surface area contributed by atoms with Crippen molar-refractivity contribution in [2.24, 2.45) is 0 Å². The molecule has 12 aromatic rings. The Morgan fingerprint density at radius 2 is 0.469 bits per heavy atom. The molecule has 0 radical (unpaired) electrons. The molecule has 0 atom stereocenters. The highest BCUT2D eigenvalue weighted by Crippen LogP contribution is 2.53. The number of hydrogen-bond acceptors (Lipinski definition) is 18. The van der Waals surface area contributed by atoms with E-state index in [1.807, 2.05) is 74.1 Å². The van der Waals surface area contributed by atoms with Crippen LogP contribution in [0, 0.1) is 42.0 Å². The Morgan fingerprint density at radius 3 is 0.703 bits per heavy atom. The average molecular weight is 971 g/mol. The maximum absolute atomic E-state index is 5.51. The third-order valence-electron chi connectivity index (χ3n) is 11.1. The summed E-state index contributed by atoms with van der Waals surface area (Å²) in [7, 11) is 0. The van der Waals surface area contributed by atoms with Crippen molar-refractivity contribution in [3.8, 4) is 83.5 Å². The minimum absolute atomic E-state index is 0.825. The first-order chi connectivity index (χ1) is 31.8. The van der Waals surface area contributed by atoms with Gasteiger partial charge in [-0.15, -0.1) is 0 Å². The van der Waals surface area contributed by atoms with Gasteiger partial charge in [0.25, 0.3) is 0 Å². The van der Waals surface area contributed by atoms with E-state index in [1.165, 1.54) is 92.3 Å². The molecular formula is C46H22N10S8. The molecule has 304 valence electrons. The second kappa shape index (κ2) is 15.8. The van der Waals surface area contributed by atoms with Crippen LogP contribution in [-0.2, 0) is 0 Å². The molecule has 0 amide bonds. The second-order valence-corrected chi connectivity index (χ2v) is 21.0. The molecule has 64 heavy (non-hydrogen) atoms. The van der Waals surface area contributed by atoms with Gasteiger partial charge >= 0.3 is 0 Å². The molecule has 0 aliphatic heterocycles. The smallest absolute Gasteiger partial charge is 0.0794 e. The molecule has 1 aliphatic carbocycles. The normalized spacial score (nSPS) is 11.8. The van der Waals surface area contributed by atoms with Gasteiger partial charge in [-0.25, -0.2) is 35.0 Å². The first-order valence-corrected chi connectivity index (χ1v) is 25.7. The van der Waals surface area contributed by atoms with Gasteiger partial charge in [-0.1, -0.05) is 12.1 Å². The van der Waals surface area contributed by atoms with Crippen molar-refractivity contribution in [3.63, 3.8) is 0 Å². The molecule has 1 aliphatic rings. The van der Waals surface area contributed by atoms with Gasteiger partial charge in [-0.05, 0) is 153 Å². The quantitative estimate of drug-likeness (QED) is 0.145. The summed E-state index contributed by atoms with van der Waals surface area (Å²) in [6, 6.07) is 25.4. The lowest BCUT2D eigenvalue weighted by Crippen LogP contribution is -2.03. The maximum atomic E-state index is 5.51. The molecule has 2 aromatic carbocycles. The van der Waals surface area contributed by atoms with Crippen molar-refractivity contribution in [3.05, 3.63) is 177 Å². The Bertz CT molecular complexity index is 3520. The molecule has 10 heterocycles. The van der Waals surface area contributed by atoms with E-state index >= 15 is 0 Å². The summed E-state index contributed by atoms with van der Waals surface area (Å²) in [6.07, 6.45) is 18.8. The molecule has 18 heteroatoms. The van der Waals surface area contributed by atoms with E-state index in [0.29, 0.717) is 0 Å². The van der Waals surface area contributed by atoms with Crippen LogP contribution in [0.25, 0.3) is 83.5 Å². The van der Waals surface area contributed by atoms with Gasteiger partial charge in [0, 0.05) is 138 Å². The zero-order valence-electron chi connectivity index (χ0n) is 32.4. The highest BCUT2D eigenvalue weighted by atomic mass is 32.1. The summed E-state index contributed by atoms with van der Waals surface area (Å²) in [4.78, 5) is 19.1. The Hall–Kier alpha value is -6.22. The topological polar surface area (TPSA) is 129 Å². The molecule has 13 rings (SSSR count). The molecule has 0 saturated carbocycles. The van der Waals surface area contributed by atoms with E-state index in [2.05, 4.69) is 60.7 Å². The number of benzene rings is 2. The van der Waals surface area contributed by atoms with Gasteiger partial charge in [0.1, 0.15) is 0 Å². The van der Waals surface area contributed by atoms with Crippen LogP contribution in [0.15, 0.2) is 135 Å². The van der Waals surface area contributed by atoms with Crippen molar-refractivity contribution in [1.82, 2.24) is 45.0 Å². The van der Waals surface area contributed by atoms with Crippen molar-refractivity contribution >= 4 is 92.3 Å². The van der Waals surface area contributed by atoms with E-state index in [-0.39, 0.29) is 0 Å². The average Bonchev–Trinajstić information content (AvgIpc) is 4.20. The summed E-state index contributed by atoms with van der Waals surface area (Å²) in [5.41, 5.74) is 8.26. The molecule has 0 unspecified atom stereocenters. The van der Waals surface area contributed by atoms with E-state index in [4.69, 9.17) is 45.0 Å². The monoisotopic (exact) mass is 970 g/mol. The third kappa shape index (κ3) is 5.95. The maximum Gasteiger partial charge on any atom is 0.0794 e. The van der Waals surface area contributed by atoms with Gasteiger partial charge in [-0.3, -0.25) is 9.97 Å². The molecule has 0 bridgehead atoms. The number of nitrogens with zero attached hydrogens (tertiary/aromatic N) is 10. The molecule has 0 fully saturated rings. The first kappa shape index (κ1) is 38.3. The summed E-state index contributed by atoms with van der Waals surface area (Å²) in [5, 5.41) is 7.49. The molecule has 10 nitrogen and oxygen atoms in total. The fourth-order valence-electron chi connectivity index (χ4n) is 8.85. The van der Waals surface area contributed by atoms with E-state index in [9.17, 15) is 0 Å². The van der Waals surface area contributed by atoms with Crippen LogP contribution in [0.4, 0.5) is 0 Å². The Morgan fingerprint density at radius 1 is 0.234 bits per heavy atom. The van der Waals surface area contributed by atoms with Crippen molar-refractivity contribution in [1.29, 1.82) is 0 Å². The SMILES string of the molecule is c1cnc2c(c1)=c1c(-c3ccns3)c(-c3ccns3)c(-c3ccns3)c(-c3ccns3)c1=c1ncccc1=c1c(-c3ccns3)c(-c3ccns3)c(-c3ccns3)c(-c3ccns3)c1=2. The number of pyridine rings is 2. The van der Waals surface area contributed by atoms with Crippen LogP contribution >= 0.6 is 92.3 Å². The van der Waals surface area contributed by atoms with Crippen LogP contribution in [0.3, 0.4) is 0 Å². The van der Waals surface area contributed by atoms with Crippen molar-refractivity contribution in [2.75, 3.05) is 0 Å². The van der Waals surface area contributed by atoms with E-state index in [1.54, 1.807) is 0 Å². The second-order valence-electron chi connectivity index (χ2n) is 14.3. The Balaban J connectivity index is 1.51. The zero-order valence-corrected chi connectivity index (χ0v) is 39.0. The molecule has 0 N–H and O–H groups in total. The minimum atomic E-state index is 0.825. The van der Waals surface area contributed by atoms with E-state index in [0.717, 1.165) is 126 Å². The molecule has 0 spiro atoms. The first-order valence-electron chi connectivity index (χ1n) is 19.5. The lowest BCUT2D eigenvalue weighted by atomic mass is 9.85. The lowest BCUT2D eigenvalue weighted by molar-refractivity contribution is 1.14. The fourth-order valence-corrected chi connectivity index (χ4v) is 14.1. The van der Waals surface area contributed by atoms with Gasteiger partial charge in [-0.2, -0.15) is 0 Å². The molecule has 10 aromatic heterocycles. The largest absolute Gasteiger partial charge is 0.256 e. The van der Waals surface area contributed by atoms with Gasteiger partial charge in [0.2, 0.25) is 0 Å². The van der Waals surface area contributed by atoms with Crippen LogP contribution in [0.1, 0.15) is 0 Å². The zero-order chi connectivity index (χ0) is 42.1. The molecule has 0 saturated heterocycles. The minimum Gasteiger partial charge on any atom is -0.256 e. The Kier molecular flexibility index (Phi) is 9.44. The number of hydrogen-bond donors (Lipinski definition) is 0. The van der Waals surface area contributed by atoms with Crippen molar-refractivity contribution in [2.45, 2.75) is 0 Å². The van der Waals surface area contributed by atoms with Crippen LogP contribution < -0.4 is 0 Å². The van der Waals surface area contributed by atoms with Crippen LogP contribution in [0.5, 0.6) is 0 Å². The highest BCUT2D eigenvalue weighted by molar-refractivity contribution is 7.13. The predicted octanol–water partition coefficient (Wildman–Crippen LogP) is 12.9. The van der Waals surface area contributed by atoms with Gasteiger partial charge in [0.05, 0.1) is 49.7 Å². The van der Waals surface area contributed by atoms with Gasteiger partial charge < -0.3 is 0 Å². The predicted molar refractivity (Wildman–Crippen MR) is 261 cm³/mol. The highest BCUT2D eigenvalue weighted by Gasteiger charge is 2.30. The summed E-state index contributed by atoms with van der Waals surface area (Å²) < 4.78 is 37.7. The standard InChI is InChI=1S/C46H22N10S8/c1-3-23-33-35(25-5-15-49-57-25)37(27-7-17-51-59-27)39(29-9-19-53-61-29)41(31-11-21-55-63-31)43(33)46-24(4-2-14-48-46)34-36(26-6-16-50-58-26)38(28-8-18-52-60-28)40(30-10-20-54-62-30)42(32-12-22-56-64-32)44(34)45(23)47-13-1/h1-22H. The summed E-state index contributed by atoms with van der Waals surface area (Å²) in [5.74, 6) is 0. The van der Waals surface area contributed by atoms with E-state index < -0.39 is 0 Å². The van der Waals surface area contributed by atoms with Crippen molar-refractivity contribution < 1.29 is 0 Å². The number of rotatable bonds is 8. The van der Waals surface area contributed by atoms with Crippen LogP contribution in [0.2, 0.25) is 0 Å². The van der Waals surface area contributed by atoms with Crippen LogP contribution in [-0.4, -0.2) is 45.0 Å². The number of aromatic nitrogens is 10. The fraction of sp³-hybridized carbons (Fsp3) is 0. The number of fused-ring (bicyclic) bond motifs is 4.